The Morgan fingerprint density at radius 2 is 2.00 bits per heavy atom. The van der Waals surface area contributed by atoms with Gasteiger partial charge in [-0.25, -0.2) is 13.1 Å². The van der Waals surface area contributed by atoms with Crippen molar-refractivity contribution < 1.29 is 12.9 Å². The van der Waals surface area contributed by atoms with Gasteiger partial charge in [-0.1, -0.05) is 5.16 Å². The molecule has 0 fully saturated rings. The van der Waals surface area contributed by atoms with Crippen LogP contribution < -0.4 is 10.5 Å². The molecule has 7 nitrogen and oxygen atoms in total. The molecular formula is C12H16N4O3S. The summed E-state index contributed by atoms with van der Waals surface area (Å²) in [6.07, 6.45) is 0. The molecule has 108 valence electrons. The predicted molar refractivity (Wildman–Crippen MR) is 73.4 cm³/mol. The molecule has 0 spiro atoms. The molecule has 0 aliphatic rings. The second-order valence-corrected chi connectivity index (χ2v) is 6.27. The third-order valence-electron chi connectivity index (χ3n) is 2.82. The highest BCUT2D eigenvalue weighted by Crippen LogP contribution is 2.22. The van der Waals surface area contributed by atoms with Crippen LogP contribution in [0.15, 0.2) is 21.6 Å². The Labute approximate surface area is 117 Å². The van der Waals surface area contributed by atoms with Crippen LogP contribution in [0.25, 0.3) is 0 Å². The molecular weight excluding hydrogens is 280 g/mol. The molecule has 0 bridgehead atoms. The zero-order valence-electron chi connectivity index (χ0n) is 11.5. The summed E-state index contributed by atoms with van der Waals surface area (Å²) in [5, 5.41) is 3.59. The van der Waals surface area contributed by atoms with Crippen molar-refractivity contribution in [1.29, 1.82) is 0 Å². The summed E-state index contributed by atoms with van der Waals surface area (Å²) in [6.45, 7) is 5.06. The lowest BCUT2D eigenvalue weighted by atomic mass is 10.1. The van der Waals surface area contributed by atoms with E-state index in [2.05, 4.69) is 14.9 Å². The van der Waals surface area contributed by atoms with E-state index in [0.29, 0.717) is 17.1 Å². The van der Waals surface area contributed by atoms with Crippen LogP contribution in [0, 0.1) is 20.8 Å². The van der Waals surface area contributed by atoms with Gasteiger partial charge in [0, 0.05) is 5.69 Å². The first kappa shape index (κ1) is 14.5. The number of nitrogens with one attached hydrogen (secondary N) is 1. The van der Waals surface area contributed by atoms with Crippen LogP contribution in [0.5, 0.6) is 0 Å². The first-order valence-electron chi connectivity index (χ1n) is 5.95. The van der Waals surface area contributed by atoms with Crippen LogP contribution in [-0.2, 0) is 16.6 Å². The van der Waals surface area contributed by atoms with E-state index < -0.39 is 10.0 Å². The second kappa shape index (κ2) is 5.22. The Morgan fingerprint density at radius 1 is 1.30 bits per heavy atom. The van der Waals surface area contributed by atoms with Crippen LogP contribution in [0.2, 0.25) is 0 Å². The van der Waals surface area contributed by atoms with E-state index in [9.17, 15) is 8.42 Å². The standard InChI is InChI=1S/C12H16N4O3S/c1-7-4-10(13)8(2)11(5-7)20(17,18)14-6-12-15-9(3)16-19-12/h4-5,14H,6,13H2,1-3H3. The van der Waals surface area contributed by atoms with Gasteiger partial charge in [-0.2, -0.15) is 4.98 Å². The van der Waals surface area contributed by atoms with E-state index in [1.165, 1.54) is 0 Å². The van der Waals surface area contributed by atoms with Gasteiger partial charge < -0.3 is 10.3 Å². The summed E-state index contributed by atoms with van der Waals surface area (Å²) < 4.78 is 31.8. The number of rotatable bonds is 4. The molecule has 0 saturated heterocycles. The fourth-order valence-corrected chi connectivity index (χ4v) is 3.11. The molecule has 0 saturated carbocycles. The number of hydrogen-bond donors (Lipinski definition) is 2. The first-order chi connectivity index (χ1) is 9.29. The highest BCUT2D eigenvalue weighted by atomic mass is 32.2. The van der Waals surface area contributed by atoms with E-state index in [4.69, 9.17) is 10.3 Å². The smallest absolute Gasteiger partial charge is 0.241 e. The van der Waals surface area contributed by atoms with Gasteiger partial charge in [0.1, 0.15) is 0 Å². The van der Waals surface area contributed by atoms with Gasteiger partial charge in [-0.3, -0.25) is 0 Å². The monoisotopic (exact) mass is 296 g/mol. The van der Waals surface area contributed by atoms with E-state index >= 15 is 0 Å². The molecule has 1 aromatic heterocycles. The number of benzene rings is 1. The Balaban J connectivity index is 2.27. The Morgan fingerprint density at radius 3 is 2.60 bits per heavy atom. The van der Waals surface area contributed by atoms with Crippen LogP contribution in [0.3, 0.4) is 0 Å². The third kappa shape index (κ3) is 2.97. The number of nitrogens with two attached hydrogens (primary N) is 1. The highest BCUT2D eigenvalue weighted by Gasteiger charge is 2.19. The Kier molecular flexibility index (Phi) is 3.78. The lowest BCUT2D eigenvalue weighted by molar-refractivity contribution is 0.372. The summed E-state index contributed by atoms with van der Waals surface area (Å²) in [5.74, 6) is 0.666. The zero-order chi connectivity index (χ0) is 14.9. The molecule has 1 heterocycles. The molecule has 1 aromatic carbocycles. The van der Waals surface area contributed by atoms with Crippen molar-refractivity contribution in [3.63, 3.8) is 0 Å². The fraction of sp³-hybridized carbons (Fsp3) is 0.333. The Hall–Kier alpha value is -1.93. The number of nitrogen functional groups attached to an aromatic ring is 1. The topological polar surface area (TPSA) is 111 Å². The molecule has 8 heteroatoms. The number of aromatic nitrogens is 2. The Bertz CT molecular complexity index is 737. The third-order valence-corrected chi connectivity index (χ3v) is 4.34. The molecule has 0 aliphatic carbocycles. The lowest BCUT2D eigenvalue weighted by Crippen LogP contribution is -2.24. The van der Waals surface area contributed by atoms with Crippen LogP contribution >= 0.6 is 0 Å². The van der Waals surface area contributed by atoms with Crippen molar-refractivity contribution in [2.24, 2.45) is 0 Å². The van der Waals surface area contributed by atoms with Crippen molar-refractivity contribution in [2.75, 3.05) is 5.73 Å². The summed E-state index contributed by atoms with van der Waals surface area (Å²) in [4.78, 5) is 4.09. The van der Waals surface area contributed by atoms with Crippen LogP contribution in [0.1, 0.15) is 22.8 Å². The van der Waals surface area contributed by atoms with Gasteiger partial charge >= 0.3 is 0 Å². The van der Waals surface area contributed by atoms with Crippen molar-refractivity contribution in [2.45, 2.75) is 32.2 Å². The van der Waals surface area contributed by atoms with E-state index in [-0.39, 0.29) is 17.3 Å². The molecule has 2 aromatic rings. The highest BCUT2D eigenvalue weighted by molar-refractivity contribution is 7.89. The number of aryl methyl sites for hydroxylation is 2. The molecule has 0 radical (unpaired) electrons. The van der Waals surface area contributed by atoms with Crippen LogP contribution in [-0.4, -0.2) is 18.6 Å². The van der Waals surface area contributed by atoms with E-state index in [0.717, 1.165) is 5.56 Å². The number of nitrogens with zero attached hydrogens (tertiary/aromatic N) is 2. The largest absolute Gasteiger partial charge is 0.398 e. The molecule has 0 unspecified atom stereocenters. The van der Waals surface area contributed by atoms with Gasteiger partial charge in [-0.05, 0) is 44.0 Å². The second-order valence-electron chi connectivity index (χ2n) is 4.54. The first-order valence-corrected chi connectivity index (χ1v) is 7.43. The predicted octanol–water partition coefficient (Wildman–Crippen LogP) is 1.06. The summed E-state index contributed by atoms with van der Waals surface area (Å²) in [6, 6.07) is 3.31. The van der Waals surface area contributed by atoms with Gasteiger partial charge in [0.25, 0.3) is 0 Å². The summed E-state index contributed by atoms with van der Waals surface area (Å²) in [7, 11) is -3.68. The molecule has 3 N–H and O–H groups in total. The van der Waals surface area contributed by atoms with E-state index in [1.807, 2.05) is 0 Å². The molecule has 0 aliphatic heterocycles. The fourth-order valence-electron chi connectivity index (χ4n) is 1.78. The average Bonchev–Trinajstić information content (AvgIpc) is 2.77. The van der Waals surface area contributed by atoms with Gasteiger partial charge in [0.15, 0.2) is 5.82 Å². The van der Waals surface area contributed by atoms with Crippen molar-refractivity contribution in [1.82, 2.24) is 14.9 Å². The maximum absolute atomic E-state index is 12.3. The van der Waals surface area contributed by atoms with Gasteiger partial charge in [0.05, 0.1) is 11.4 Å². The zero-order valence-corrected chi connectivity index (χ0v) is 12.3. The quantitative estimate of drug-likeness (QED) is 0.816. The number of sulfonamides is 1. The summed E-state index contributed by atoms with van der Waals surface area (Å²) in [5.41, 5.74) is 7.54. The maximum Gasteiger partial charge on any atom is 0.241 e. The lowest BCUT2D eigenvalue weighted by Gasteiger charge is -2.11. The molecule has 2 rings (SSSR count). The maximum atomic E-state index is 12.3. The molecule has 0 amide bonds. The number of anilines is 1. The normalized spacial score (nSPS) is 11.8. The van der Waals surface area contributed by atoms with Gasteiger partial charge in [-0.15, -0.1) is 0 Å². The SMILES string of the molecule is Cc1cc(N)c(C)c(S(=O)(=O)NCc2nc(C)no2)c1. The minimum atomic E-state index is -3.68. The molecule has 20 heavy (non-hydrogen) atoms. The van der Waals surface area contributed by atoms with Crippen molar-refractivity contribution >= 4 is 15.7 Å². The van der Waals surface area contributed by atoms with Gasteiger partial charge in [0.2, 0.25) is 15.9 Å². The van der Waals surface area contributed by atoms with Crippen molar-refractivity contribution in [3.8, 4) is 0 Å². The average molecular weight is 296 g/mol. The summed E-state index contributed by atoms with van der Waals surface area (Å²) >= 11 is 0. The number of hydrogen-bond acceptors (Lipinski definition) is 6. The molecule has 0 atom stereocenters. The van der Waals surface area contributed by atoms with Crippen LogP contribution in [0.4, 0.5) is 5.69 Å². The van der Waals surface area contributed by atoms with E-state index in [1.54, 1.807) is 32.9 Å². The van der Waals surface area contributed by atoms with Crippen molar-refractivity contribution in [3.05, 3.63) is 35.0 Å². The minimum absolute atomic E-state index is 0.0591. The minimum Gasteiger partial charge on any atom is -0.398 e.